The lowest BCUT2D eigenvalue weighted by atomic mass is 9.91. The van der Waals surface area contributed by atoms with Crippen LogP contribution in [0.15, 0.2) is 18.2 Å². The highest BCUT2D eigenvalue weighted by molar-refractivity contribution is 6.10. The van der Waals surface area contributed by atoms with Gasteiger partial charge in [0.1, 0.15) is 12.1 Å². The van der Waals surface area contributed by atoms with Gasteiger partial charge in [-0.3, -0.25) is 14.5 Å². The molecule has 1 aliphatic rings. The van der Waals surface area contributed by atoms with Gasteiger partial charge in [0.15, 0.2) is 0 Å². The second-order valence-electron chi connectivity index (χ2n) is 7.05. The van der Waals surface area contributed by atoms with E-state index in [-0.39, 0.29) is 24.3 Å². The predicted molar refractivity (Wildman–Crippen MR) is 92.7 cm³/mol. The van der Waals surface area contributed by atoms with Gasteiger partial charge in [0, 0.05) is 5.69 Å². The number of carbonyl (C=O) groups is 3. The zero-order valence-corrected chi connectivity index (χ0v) is 14.9. The van der Waals surface area contributed by atoms with Gasteiger partial charge in [0.25, 0.3) is 5.91 Å². The van der Waals surface area contributed by atoms with Crippen LogP contribution in [0.2, 0.25) is 0 Å². The normalized spacial score (nSPS) is 20.5. The molecule has 1 heterocycles. The lowest BCUT2D eigenvalue weighted by Crippen LogP contribution is -2.45. The van der Waals surface area contributed by atoms with Crippen LogP contribution in [-0.4, -0.2) is 34.8 Å². The summed E-state index contributed by atoms with van der Waals surface area (Å²) in [5, 5.41) is 5.48. The minimum Gasteiger partial charge on any atom is -0.324 e. The van der Waals surface area contributed by atoms with Gasteiger partial charge in [-0.1, -0.05) is 26.0 Å². The van der Waals surface area contributed by atoms with Crippen molar-refractivity contribution in [2.45, 2.75) is 46.6 Å². The van der Waals surface area contributed by atoms with Gasteiger partial charge in [-0.25, -0.2) is 4.79 Å². The first-order valence-electron chi connectivity index (χ1n) is 8.14. The Morgan fingerprint density at radius 2 is 1.96 bits per heavy atom. The molecule has 0 spiro atoms. The number of urea groups is 1. The van der Waals surface area contributed by atoms with Crippen LogP contribution in [0.5, 0.6) is 0 Å². The molecule has 1 saturated heterocycles. The molecule has 1 atom stereocenters. The van der Waals surface area contributed by atoms with E-state index in [1.807, 2.05) is 39.8 Å². The molecular weight excluding hydrogens is 306 g/mol. The van der Waals surface area contributed by atoms with Gasteiger partial charge in [-0.15, -0.1) is 0 Å². The maximum Gasteiger partial charge on any atom is 0.325 e. The third-order valence-corrected chi connectivity index (χ3v) is 4.34. The number of hydrogen-bond donors (Lipinski definition) is 2. The molecule has 2 N–H and O–H groups in total. The summed E-state index contributed by atoms with van der Waals surface area (Å²) in [5.41, 5.74) is 1.78. The van der Waals surface area contributed by atoms with Crippen molar-refractivity contribution in [1.29, 1.82) is 0 Å². The Kier molecular flexibility index (Phi) is 4.96. The molecule has 1 aromatic carbocycles. The van der Waals surface area contributed by atoms with Crippen molar-refractivity contribution < 1.29 is 14.4 Å². The Morgan fingerprint density at radius 1 is 1.29 bits per heavy atom. The van der Waals surface area contributed by atoms with Crippen molar-refractivity contribution in [2.75, 3.05) is 11.9 Å². The number of anilines is 1. The number of aryl methyl sites for hydroxylation is 1. The monoisotopic (exact) mass is 331 g/mol. The molecule has 0 radical (unpaired) electrons. The zero-order valence-electron chi connectivity index (χ0n) is 14.9. The zero-order chi connectivity index (χ0) is 18.1. The van der Waals surface area contributed by atoms with E-state index < -0.39 is 11.6 Å². The highest BCUT2D eigenvalue weighted by atomic mass is 16.2. The summed E-state index contributed by atoms with van der Waals surface area (Å²) in [7, 11) is 0. The van der Waals surface area contributed by atoms with E-state index in [9.17, 15) is 14.4 Å². The third-order valence-electron chi connectivity index (χ3n) is 4.34. The van der Waals surface area contributed by atoms with E-state index in [1.165, 1.54) is 0 Å². The highest BCUT2D eigenvalue weighted by Crippen LogP contribution is 2.25. The van der Waals surface area contributed by atoms with Crippen LogP contribution in [0.4, 0.5) is 10.5 Å². The molecule has 6 nitrogen and oxygen atoms in total. The van der Waals surface area contributed by atoms with Crippen LogP contribution in [-0.2, 0) is 9.59 Å². The average Bonchev–Trinajstić information content (AvgIpc) is 2.66. The van der Waals surface area contributed by atoms with Crippen LogP contribution in [0.25, 0.3) is 0 Å². The fourth-order valence-corrected chi connectivity index (χ4v) is 3.07. The number of benzene rings is 1. The molecule has 6 heteroatoms. The van der Waals surface area contributed by atoms with Crippen molar-refractivity contribution in [3.8, 4) is 0 Å². The standard InChI is InChI=1S/C18H25N3O3/c1-11(2)9-18(5)16(23)21(17(24)20-18)10-15(22)19-14-8-6-7-12(3)13(14)4/h6-8,11H,9-10H2,1-5H3,(H,19,22)(H,20,24). The fourth-order valence-electron chi connectivity index (χ4n) is 3.07. The number of amides is 4. The molecule has 1 unspecified atom stereocenters. The molecule has 1 fully saturated rings. The lowest BCUT2D eigenvalue weighted by molar-refractivity contribution is -0.133. The fraction of sp³-hybridized carbons (Fsp3) is 0.500. The number of nitrogens with zero attached hydrogens (tertiary/aromatic N) is 1. The molecule has 1 aromatic rings. The lowest BCUT2D eigenvalue weighted by Gasteiger charge is -2.23. The Labute approximate surface area is 142 Å². The minimum atomic E-state index is -0.940. The van der Waals surface area contributed by atoms with E-state index in [4.69, 9.17) is 0 Å². The van der Waals surface area contributed by atoms with E-state index in [1.54, 1.807) is 13.0 Å². The summed E-state index contributed by atoms with van der Waals surface area (Å²) in [4.78, 5) is 37.9. The van der Waals surface area contributed by atoms with Gasteiger partial charge < -0.3 is 10.6 Å². The maximum absolute atomic E-state index is 12.5. The van der Waals surface area contributed by atoms with Gasteiger partial charge in [-0.05, 0) is 50.3 Å². The summed E-state index contributed by atoms with van der Waals surface area (Å²) in [6.07, 6.45) is 0.534. The molecule has 0 aromatic heterocycles. The van der Waals surface area contributed by atoms with Crippen molar-refractivity contribution in [2.24, 2.45) is 5.92 Å². The van der Waals surface area contributed by atoms with Crippen molar-refractivity contribution in [3.63, 3.8) is 0 Å². The van der Waals surface area contributed by atoms with Crippen LogP contribution in [0.1, 0.15) is 38.3 Å². The summed E-state index contributed by atoms with van der Waals surface area (Å²) in [5.74, 6) is -0.485. The smallest absolute Gasteiger partial charge is 0.324 e. The largest absolute Gasteiger partial charge is 0.325 e. The van der Waals surface area contributed by atoms with Crippen molar-refractivity contribution in [1.82, 2.24) is 10.2 Å². The second kappa shape index (κ2) is 6.63. The second-order valence-corrected chi connectivity index (χ2v) is 7.05. The third kappa shape index (κ3) is 3.58. The maximum atomic E-state index is 12.5. The van der Waals surface area contributed by atoms with E-state index in [0.29, 0.717) is 12.1 Å². The summed E-state index contributed by atoms with van der Waals surface area (Å²) in [6.45, 7) is 9.26. The first-order valence-corrected chi connectivity index (χ1v) is 8.14. The summed E-state index contributed by atoms with van der Waals surface area (Å²) < 4.78 is 0. The molecule has 2 rings (SSSR count). The Morgan fingerprint density at radius 3 is 2.58 bits per heavy atom. The van der Waals surface area contributed by atoms with Gasteiger partial charge >= 0.3 is 6.03 Å². The Balaban J connectivity index is 2.08. The molecule has 0 aliphatic carbocycles. The predicted octanol–water partition coefficient (Wildman–Crippen LogP) is 2.60. The van der Waals surface area contributed by atoms with E-state index in [2.05, 4.69) is 10.6 Å². The number of rotatable bonds is 5. The van der Waals surface area contributed by atoms with Crippen LogP contribution >= 0.6 is 0 Å². The molecule has 1 aliphatic heterocycles. The first kappa shape index (κ1) is 18.0. The average molecular weight is 331 g/mol. The topological polar surface area (TPSA) is 78.5 Å². The van der Waals surface area contributed by atoms with Crippen molar-refractivity contribution >= 4 is 23.5 Å². The Bertz CT molecular complexity index is 684. The van der Waals surface area contributed by atoms with E-state index >= 15 is 0 Å². The summed E-state index contributed by atoms with van der Waals surface area (Å²) >= 11 is 0. The van der Waals surface area contributed by atoms with Crippen LogP contribution in [0.3, 0.4) is 0 Å². The molecule has 130 valence electrons. The Hall–Kier alpha value is -2.37. The number of nitrogens with one attached hydrogen (secondary N) is 2. The molecule has 24 heavy (non-hydrogen) atoms. The molecule has 0 bridgehead atoms. The van der Waals surface area contributed by atoms with Crippen LogP contribution in [0, 0.1) is 19.8 Å². The van der Waals surface area contributed by atoms with E-state index in [0.717, 1.165) is 16.0 Å². The first-order chi connectivity index (χ1) is 11.1. The number of carbonyl (C=O) groups excluding carboxylic acids is 3. The summed E-state index contributed by atoms with van der Waals surface area (Å²) in [6, 6.07) is 5.10. The van der Waals surface area contributed by atoms with Gasteiger partial charge in [-0.2, -0.15) is 0 Å². The molecule has 0 saturated carbocycles. The molecular formula is C18H25N3O3. The van der Waals surface area contributed by atoms with Crippen molar-refractivity contribution in [3.05, 3.63) is 29.3 Å². The SMILES string of the molecule is Cc1cccc(NC(=O)CN2C(=O)NC(C)(CC(C)C)C2=O)c1C. The van der Waals surface area contributed by atoms with Gasteiger partial charge in [0.2, 0.25) is 5.91 Å². The molecule has 4 amide bonds. The number of imide groups is 1. The highest BCUT2D eigenvalue weighted by Gasteiger charge is 2.48. The minimum absolute atomic E-state index is 0.253. The number of hydrogen-bond acceptors (Lipinski definition) is 3. The quantitative estimate of drug-likeness (QED) is 0.814. The van der Waals surface area contributed by atoms with Crippen LogP contribution < -0.4 is 10.6 Å². The van der Waals surface area contributed by atoms with Gasteiger partial charge in [0.05, 0.1) is 0 Å².